The summed E-state index contributed by atoms with van der Waals surface area (Å²) in [5.74, 6) is 0.692. The van der Waals surface area contributed by atoms with E-state index in [1.807, 2.05) is 36.4 Å². The highest BCUT2D eigenvalue weighted by Crippen LogP contribution is 2.30. The zero-order valence-corrected chi connectivity index (χ0v) is 17.8. The Kier molecular flexibility index (Phi) is 5.67. The van der Waals surface area contributed by atoms with E-state index in [1.165, 1.54) is 0 Å². The van der Waals surface area contributed by atoms with Gasteiger partial charge in [-0.15, -0.1) is 0 Å². The van der Waals surface area contributed by atoms with Crippen LogP contribution < -0.4 is 0 Å². The lowest BCUT2D eigenvalue weighted by molar-refractivity contribution is 0.0580. The standard InChI is InChI=1S/C23H23ClN4O2/c1-16(18-7-3-4-8-20(18)24)26-11-13-27(14-12-26)22(29)21-17(2)30-23(19(21)15-25)28-9-5-6-10-28/h3-10,16H,11-14H2,1-2H3. The number of rotatable bonds is 4. The molecule has 0 saturated carbocycles. The molecule has 7 heteroatoms. The van der Waals surface area contributed by atoms with Crippen LogP contribution in [0.5, 0.6) is 0 Å². The van der Waals surface area contributed by atoms with Crippen LogP contribution in [-0.4, -0.2) is 46.5 Å². The van der Waals surface area contributed by atoms with E-state index in [0.29, 0.717) is 30.3 Å². The molecule has 1 atom stereocenters. The summed E-state index contributed by atoms with van der Waals surface area (Å²) in [6.07, 6.45) is 3.59. The van der Waals surface area contributed by atoms with Gasteiger partial charge in [0.2, 0.25) is 5.88 Å². The van der Waals surface area contributed by atoms with E-state index in [4.69, 9.17) is 16.0 Å². The lowest BCUT2D eigenvalue weighted by atomic mass is 10.1. The summed E-state index contributed by atoms with van der Waals surface area (Å²) in [5.41, 5.74) is 1.72. The molecular formula is C23H23ClN4O2. The van der Waals surface area contributed by atoms with Gasteiger partial charge in [0, 0.05) is 49.6 Å². The number of halogens is 1. The third-order valence-electron chi connectivity index (χ3n) is 5.73. The van der Waals surface area contributed by atoms with Gasteiger partial charge in [-0.3, -0.25) is 14.3 Å². The van der Waals surface area contributed by atoms with Crippen molar-refractivity contribution in [3.63, 3.8) is 0 Å². The molecular weight excluding hydrogens is 400 g/mol. The van der Waals surface area contributed by atoms with Gasteiger partial charge in [-0.05, 0) is 37.6 Å². The number of hydrogen-bond acceptors (Lipinski definition) is 4. The van der Waals surface area contributed by atoms with E-state index >= 15 is 0 Å². The van der Waals surface area contributed by atoms with Crippen LogP contribution in [0.1, 0.15) is 40.2 Å². The predicted octanol–water partition coefficient (Wildman–Crippen LogP) is 4.42. The highest BCUT2D eigenvalue weighted by atomic mass is 35.5. The van der Waals surface area contributed by atoms with Crippen LogP contribution in [0.4, 0.5) is 0 Å². The van der Waals surface area contributed by atoms with Crippen LogP contribution in [0.15, 0.2) is 53.2 Å². The molecule has 30 heavy (non-hydrogen) atoms. The van der Waals surface area contributed by atoms with Gasteiger partial charge in [-0.25, -0.2) is 0 Å². The molecule has 1 fully saturated rings. The molecule has 1 aliphatic rings. The number of hydrogen-bond donors (Lipinski definition) is 0. The maximum Gasteiger partial charge on any atom is 0.258 e. The highest BCUT2D eigenvalue weighted by Gasteiger charge is 2.31. The van der Waals surface area contributed by atoms with Gasteiger partial charge in [0.05, 0.1) is 0 Å². The summed E-state index contributed by atoms with van der Waals surface area (Å²) >= 11 is 6.36. The van der Waals surface area contributed by atoms with Crippen LogP contribution in [0.3, 0.4) is 0 Å². The SMILES string of the molecule is Cc1oc(-n2cccc2)c(C#N)c1C(=O)N1CCN(C(C)c2ccccc2Cl)CC1. The molecule has 0 N–H and O–H groups in total. The summed E-state index contributed by atoms with van der Waals surface area (Å²) in [4.78, 5) is 17.4. The summed E-state index contributed by atoms with van der Waals surface area (Å²) in [7, 11) is 0. The maximum absolute atomic E-state index is 13.2. The molecule has 6 nitrogen and oxygen atoms in total. The minimum atomic E-state index is -0.156. The van der Waals surface area contributed by atoms with Crippen molar-refractivity contribution in [3.8, 4) is 12.0 Å². The fraction of sp³-hybridized carbons (Fsp3) is 0.304. The number of carbonyl (C=O) groups is 1. The third-order valence-corrected chi connectivity index (χ3v) is 6.08. The molecule has 0 aliphatic carbocycles. The van der Waals surface area contributed by atoms with Gasteiger partial charge in [0.15, 0.2) is 0 Å². The fourth-order valence-corrected chi connectivity index (χ4v) is 4.32. The van der Waals surface area contributed by atoms with Gasteiger partial charge < -0.3 is 9.32 Å². The molecule has 0 bridgehead atoms. The second kappa shape index (κ2) is 8.39. The monoisotopic (exact) mass is 422 g/mol. The summed E-state index contributed by atoms with van der Waals surface area (Å²) in [6.45, 7) is 6.51. The van der Waals surface area contributed by atoms with E-state index in [-0.39, 0.29) is 17.5 Å². The Morgan fingerprint density at radius 2 is 1.80 bits per heavy atom. The van der Waals surface area contributed by atoms with Crippen LogP contribution >= 0.6 is 11.6 Å². The number of carbonyl (C=O) groups excluding carboxylic acids is 1. The zero-order chi connectivity index (χ0) is 21.3. The van der Waals surface area contributed by atoms with E-state index in [0.717, 1.165) is 23.7 Å². The first-order valence-corrected chi connectivity index (χ1v) is 10.3. The number of amides is 1. The number of nitrogens with zero attached hydrogens (tertiary/aromatic N) is 4. The second-order valence-electron chi connectivity index (χ2n) is 7.44. The minimum absolute atomic E-state index is 0.156. The van der Waals surface area contributed by atoms with Gasteiger partial charge in [-0.2, -0.15) is 5.26 Å². The van der Waals surface area contributed by atoms with Crippen molar-refractivity contribution in [1.82, 2.24) is 14.4 Å². The number of benzene rings is 1. The Morgan fingerprint density at radius 3 is 2.43 bits per heavy atom. The Labute approximate surface area is 180 Å². The van der Waals surface area contributed by atoms with Crippen LogP contribution in [0.2, 0.25) is 5.02 Å². The quantitative estimate of drug-likeness (QED) is 0.624. The summed E-state index contributed by atoms with van der Waals surface area (Å²) in [5, 5.41) is 10.5. The Morgan fingerprint density at radius 1 is 1.13 bits per heavy atom. The molecule has 4 rings (SSSR count). The van der Waals surface area contributed by atoms with Crippen LogP contribution in [0, 0.1) is 18.3 Å². The molecule has 3 aromatic rings. The third kappa shape index (κ3) is 3.62. The van der Waals surface area contributed by atoms with Crippen molar-refractivity contribution >= 4 is 17.5 Å². The number of piperazine rings is 1. The first-order chi connectivity index (χ1) is 14.5. The number of aryl methyl sites for hydroxylation is 1. The van der Waals surface area contributed by atoms with Crippen LogP contribution in [-0.2, 0) is 0 Å². The fourth-order valence-electron chi connectivity index (χ4n) is 4.02. The number of furan rings is 1. The minimum Gasteiger partial charge on any atom is -0.443 e. The molecule has 3 heterocycles. The highest BCUT2D eigenvalue weighted by molar-refractivity contribution is 6.31. The average molecular weight is 423 g/mol. The molecule has 1 aliphatic heterocycles. The Hall–Kier alpha value is -3.01. The van der Waals surface area contributed by atoms with Crippen LogP contribution in [0.25, 0.3) is 5.88 Å². The van der Waals surface area contributed by atoms with Crippen molar-refractivity contribution in [1.29, 1.82) is 5.26 Å². The summed E-state index contributed by atoms with van der Waals surface area (Å²) in [6, 6.07) is 13.9. The number of nitriles is 1. The normalized spacial score (nSPS) is 15.7. The molecule has 1 amide bonds. The predicted molar refractivity (Wildman–Crippen MR) is 115 cm³/mol. The van der Waals surface area contributed by atoms with Gasteiger partial charge >= 0.3 is 0 Å². The van der Waals surface area contributed by atoms with Gasteiger partial charge in [-0.1, -0.05) is 29.8 Å². The largest absolute Gasteiger partial charge is 0.443 e. The Bertz CT molecular complexity index is 1090. The molecule has 1 aromatic carbocycles. The Balaban J connectivity index is 1.50. The van der Waals surface area contributed by atoms with Crippen molar-refractivity contribution in [2.24, 2.45) is 0 Å². The smallest absolute Gasteiger partial charge is 0.258 e. The van der Waals surface area contributed by atoms with E-state index in [2.05, 4.69) is 17.9 Å². The molecule has 1 unspecified atom stereocenters. The topological polar surface area (TPSA) is 65.4 Å². The first-order valence-electron chi connectivity index (χ1n) is 9.96. The molecule has 1 saturated heterocycles. The molecule has 2 aromatic heterocycles. The van der Waals surface area contributed by atoms with Crippen molar-refractivity contribution in [2.75, 3.05) is 26.2 Å². The molecule has 154 valence electrons. The lowest BCUT2D eigenvalue weighted by Crippen LogP contribution is -2.49. The van der Waals surface area contributed by atoms with E-state index in [1.54, 1.807) is 28.8 Å². The molecule has 0 spiro atoms. The summed E-state index contributed by atoms with van der Waals surface area (Å²) < 4.78 is 7.51. The van der Waals surface area contributed by atoms with Crippen molar-refractivity contribution < 1.29 is 9.21 Å². The second-order valence-corrected chi connectivity index (χ2v) is 7.85. The zero-order valence-electron chi connectivity index (χ0n) is 17.0. The first kappa shape index (κ1) is 20.3. The van der Waals surface area contributed by atoms with E-state index in [9.17, 15) is 10.1 Å². The van der Waals surface area contributed by atoms with Gasteiger partial charge in [0.1, 0.15) is 23.0 Å². The lowest BCUT2D eigenvalue weighted by Gasteiger charge is -2.38. The average Bonchev–Trinajstić information content (AvgIpc) is 3.40. The van der Waals surface area contributed by atoms with Gasteiger partial charge in [0.25, 0.3) is 5.91 Å². The van der Waals surface area contributed by atoms with E-state index < -0.39 is 0 Å². The molecule has 0 radical (unpaired) electrons. The van der Waals surface area contributed by atoms with Crippen molar-refractivity contribution in [2.45, 2.75) is 19.9 Å². The number of aromatic nitrogens is 1. The maximum atomic E-state index is 13.2. The van der Waals surface area contributed by atoms with Crippen molar-refractivity contribution in [3.05, 3.63) is 76.3 Å².